The number of aliphatic carboxylic acids is 1. The van der Waals surface area contributed by atoms with Crippen LogP contribution < -0.4 is 0 Å². The van der Waals surface area contributed by atoms with Crippen LogP contribution in [0, 0.1) is 6.92 Å². The fourth-order valence-electron chi connectivity index (χ4n) is 2.47. The average molecular weight is 223 g/mol. The van der Waals surface area contributed by atoms with Crippen LogP contribution >= 0.6 is 0 Å². The highest BCUT2D eigenvalue weighted by Gasteiger charge is 2.29. The molecule has 1 aliphatic rings. The molecule has 1 aromatic rings. The van der Waals surface area contributed by atoms with Crippen molar-refractivity contribution in [3.8, 4) is 0 Å². The molecule has 0 aromatic carbocycles. The second-order valence-corrected chi connectivity index (χ2v) is 4.36. The number of aromatic nitrogens is 2. The van der Waals surface area contributed by atoms with E-state index >= 15 is 0 Å². The van der Waals surface area contributed by atoms with Gasteiger partial charge in [-0.15, -0.1) is 0 Å². The number of rotatable bonds is 3. The summed E-state index contributed by atoms with van der Waals surface area (Å²) >= 11 is 0. The highest BCUT2D eigenvalue weighted by molar-refractivity contribution is 5.69. The summed E-state index contributed by atoms with van der Waals surface area (Å²) in [4.78, 5) is 12.8. The fourth-order valence-corrected chi connectivity index (χ4v) is 2.47. The zero-order chi connectivity index (χ0) is 11.7. The summed E-state index contributed by atoms with van der Waals surface area (Å²) in [6.07, 6.45) is 2.08. The fraction of sp³-hybridized carbons (Fsp3) is 0.636. The number of hydrogen-bond acceptors (Lipinski definition) is 3. The lowest BCUT2D eigenvalue weighted by atomic mass is 10.1. The predicted octanol–water partition coefficient (Wildman–Crippen LogP) is 0.950. The first-order valence-corrected chi connectivity index (χ1v) is 5.54. The molecule has 1 aromatic heterocycles. The molecule has 0 aliphatic carbocycles. The predicted molar refractivity (Wildman–Crippen MR) is 59.1 cm³/mol. The van der Waals surface area contributed by atoms with Gasteiger partial charge in [-0.2, -0.15) is 5.10 Å². The van der Waals surface area contributed by atoms with E-state index in [4.69, 9.17) is 5.11 Å². The summed E-state index contributed by atoms with van der Waals surface area (Å²) in [6, 6.07) is 2.26. The highest BCUT2D eigenvalue weighted by Crippen LogP contribution is 2.31. The number of carboxylic acid groups (broad SMARTS) is 1. The van der Waals surface area contributed by atoms with Crippen LogP contribution in [0.1, 0.15) is 30.3 Å². The molecule has 0 saturated carbocycles. The average Bonchev–Trinajstić information content (AvgIpc) is 2.72. The molecule has 2 heterocycles. The smallest absolute Gasteiger partial charge is 0.317 e. The number of likely N-dealkylation sites (tertiary alicyclic amines) is 1. The van der Waals surface area contributed by atoms with Crippen LogP contribution in [0.15, 0.2) is 6.07 Å². The third kappa shape index (κ3) is 2.09. The molecule has 0 bridgehead atoms. The molecule has 0 amide bonds. The van der Waals surface area contributed by atoms with Crippen molar-refractivity contribution in [1.29, 1.82) is 0 Å². The zero-order valence-electron chi connectivity index (χ0n) is 9.68. The van der Waals surface area contributed by atoms with Crippen LogP contribution in [-0.2, 0) is 11.8 Å². The molecule has 1 N–H and O–H groups in total. The van der Waals surface area contributed by atoms with Gasteiger partial charge in [-0.25, -0.2) is 0 Å². The summed E-state index contributed by atoms with van der Waals surface area (Å²) in [7, 11) is 1.92. The first kappa shape index (κ1) is 11.1. The number of carboxylic acids is 1. The number of aryl methyl sites for hydroxylation is 2. The Balaban J connectivity index is 2.19. The Morgan fingerprint density at radius 1 is 1.69 bits per heavy atom. The summed E-state index contributed by atoms with van der Waals surface area (Å²) < 4.78 is 1.86. The molecule has 0 radical (unpaired) electrons. The molecule has 1 atom stereocenters. The molecule has 0 unspecified atom stereocenters. The second kappa shape index (κ2) is 4.25. The molecule has 0 spiro atoms. The molecule has 88 valence electrons. The monoisotopic (exact) mass is 223 g/mol. The minimum Gasteiger partial charge on any atom is -0.480 e. The van der Waals surface area contributed by atoms with Crippen molar-refractivity contribution < 1.29 is 9.90 Å². The Labute approximate surface area is 94.7 Å². The first-order valence-electron chi connectivity index (χ1n) is 5.54. The van der Waals surface area contributed by atoms with E-state index < -0.39 is 5.97 Å². The van der Waals surface area contributed by atoms with Gasteiger partial charge in [0.25, 0.3) is 0 Å². The highest BCUT2D eigenvalue weighted by atomic mass is 16.4. The molecular weight excluding hydrogens is 206 g/mol. The minimum atomic E-state index is -0.759. The van der Waals surface area contributed by atoms with Gasteiger partial charge >= 0.3 is 5.97 Å². The molecule has 16 heavy (non-hydrogen) atoms. The van der Waals surface area contributed by atoms with Gasteiger partial charge in [0.2, 0.25) is 0 Å². The summed E-state index contributed by atoms with van der Waals surface area (Å²) in [5, 5.41) is 13.2. The summed E-state index contributed by atoms with van der Waals surface area (Å²) in [6.45, 7) is 2.94. The first-order chi connectivity index (χ1) is 7.58. The van der Waals surface area contributed by atoms with Crippen molar-refractivity contribution in [2.45, 2.75) is 25.8 Å². The number of nitrogens with zero attached hydrogens (tertiary/aromatic N) is 3. The Morgan fingerprint density at radius 3 is 3.00 bits per heavy atom. The maximum atomic E-state index is 10.8. The van der Waals surface area contributed by atoms with Crippen molar-refractivity contribution in [3.63, 3.8) is 0 Å². The third-order valence-corrected chi connectivity index (χ3v) is 3.08. The molecular formula is C11H17N3O2. The van der Waals surface area contributed by atoms with E-state index in [-0.39, 0.29) is 12.6 Å². The van der Waals surface area contributed by atoms with Crippen LogP contribution in [0.4, 0.5) is 0 Å². The molecule has 1 saturated heterocycles. The Bertz CT molecular complexity index is 400. The van der Waals surface area contributed by atoms with Gasteiger partial charge in [0.15, 0.2) is 0 Å². The van der Waals surface area contributed by atoms with Crippen LogP contribution in [0.2, 0.25) is 0 Å². The van der Waals surface area contributed by atoms with E-state index in [0.717, 1.165) is 30.8 Å². The van der Waals surface area contributed by atoms with Crippen molar-refractivity contribution in [1.82, 2.24) is 14.7 Å². The molecule has 5 heteroatoms. The van der Waals surface area contributed by atoms with Crippen LogP contribution in [0.3, 0.4) is 0 Å². The van der Waals surface area contributed by atoms with E-state index in [1.807, 2.05) is 29.6 Å². The molecule has 2 rings (SSSR count). The summed E-state index contributed by atoms with van der Waals surface area (Å²) in [5.41, 5.74) is 2.11. The van der Waals surface area contributed by atoms with Gasteiger partial charge < -0.3 is 5.11 Å². The van der Waals surface area contributed by atoms with Gasteiger partial charge in [-0.3, -0.25) is 14.4 Å². The van der Waals surface area contributed by atoms with E-state index in [0.29, 0.717) is 0 Å². The number of carbonyl (C=O) groups is 1. The minimum absolute atomic E-state index is 0.120. The van der Waals surface area contributed by atoms with Crippen LogP contribution in [0.5, 0.6) is 0 Å². The van der Waals surface area contributed by atoms with Crippen molar-refractivity contribution in [2.24, 2.45) is 7.05 Å². The maximum absolute atomic E-state index is 10.8. The standard InChI is InChI=1S/C11H17N3O2/c1-8-6-10(13(2)12-8)9-4-3-5-14(9)7-11(15)16/h6,9H,3-5,7H2,1-2H3,(H,15,16)/t9-/m1/s1. The van der Waals surface area contributed by atoms with Crippen molar-refractivity contribution >= 4 is 5.97 Å². The second-order valence-electron chi connectivity index (χ2n) is 4.36. The molecule has 1 aliphatic heterocycles. The maximum Gasteiger partial charge on any atom is 0.317 e. The van der Waals surface area contributed by atoms with Gasteiger partial charge in [-0.1, -0.05) is 0 Å². The SMILES string of the molecule is Cc1cc([C@H]2CCCN2CC(=O)O)n(C)n1. The molecule has 5 nitrogen and oxygen atoms in total. The van der Waals surface area contributed by atoms with Gasteiger partial charge in [-0.05, 0) is 32.4 Å². The third-order valence-electron chi connectivity index (χ3n) is 3.08. The van der Waals surface area contributed by atoms with E-state index in [9.17, 15) is 4.79 Å². The number of hydrogen-bond donors (Lipinski definition) is 1. The lowest BCUT2D eigenvalue weighted by Gasteiger charge is -2.22. The molecule has 1 fully saturated rings. The lowest BCUT2D eigenvalue weighted by Crippen LogP contribution is -2.30. The zero-order valence-corrected chi connectivity index (χ0v) is 9.68. The Morgan fingerprint density at radius 2 is 2.44 bits per heavy atom. The Kier molecular flexibility index (Phi) is 2.96. The van der Waals surface area contributed by atoms with Crippen molar-refractivity contribution in [2.75, 3.05) is 13.1 Å². The van der Waals surface area contributed by atoms with Crippen LogP contribution in [-0.4, -0.2) is 38.8 Å². The normalized spacial score (nSPS) is 21.5. The summed E-state index contributed by atoms with van der Waals surface area (Å²) in [5.74, 6) is -0.759. The quantitative estimate of drug-likeness (QED) is 0.829. The van der Waals surface area contributed by atoms with E-state index in [1.54, 1.807) is 0 Å². The van der Waals surface area contributed by atoms with Gasteiger partial charge in [0, 0.05) is 7.05 Å². The van der Waals surface area contributed by atoms with Crippen molar-refractivity contribution in [3.05, 3.63) is 17.5 Å². The van der Waals surface area contributed by atoms with Crippen LogP contribution in [0.25, 0.3) is 0 Å². The lowest BCUT2D eigenvalue weighted by molar-refractivity contribution is -0.138. The largest absolute Gasteiger partial charge is 0.480 e. The Hall–Kier alpha value is -1.36. The van der Waals surface area contributed by atoms with E-state index in [1.165, 1.54) is 0 Å². The van der Waals surface area contributed by atoms with Gasteiger partial charge in [0.05, 0.1) is 24.0 Å². The van der Waals surface area contributed by atoms with E-state index in [2.05, 4.69) is 5.10 Å². The topological polar surface area (TPSA) is 58.4 Å². The van der Waals surface area contributed by atoms with Gasteiger partial charge in [0.1, 0.15) is 0 Å².